The number of anilines is 1. The van der Waals surface area contributed by atoms with Gasteiger partial charge in [-0.25, -0.2) is 4.98 Å². The minimum Gasteiger partial charge on any atom is -0.436 e. The summed E-state index contributed by atoms with van der Waals surface area (Å²) >= 11 is 5.21. The summed E-state index contributed by atoms with van der Waals surface area (Å²) in [5.74, 6) is -0.0173. The van der Waals surface area contributed by atoms with Gasteiger partial charge in [-0.05, 0) is 74.1 Å². The molecular formula is C23H18N4O4S. The van der Waals surface area contributed by atoms with Crippen LogP contribution in [0, 0.1) is 24.0 Å². The molecule has 3 aromatic carbocycles. The van der Waals surface area contributed by atoms with Crippen molar-refractivity contribution in [3.63, 3.8) is 0 Å². The number of aromatic nitrogens is 1. The molecule has 32 heavy (non-hydrogen) atoms. The van der Waals surface area contributed by atoms with Gasteiger partial charge in [0.15, 0.2) is 10.7 Å². The fraction of sp³-hybridized carbons (Fsp3) is 0.0870. The number of nitro groups is 1. The van der Waals surface area contributed by atoms with Gasteiger partial charge in [-0.15, -0.1) is 0 Å². The molecule has 0 radical (unpaired) electrons. The predicted octanol–water partition coefficient (Wildman–Crippen LogP) is 5.15. The lowest BCUT2D eigenvalue weighted by Gasteiger charge is -2.11. The second-order valence-electron chi connectivity index (χ2n) is 7.18. The van der Waals surface area contributed by atoms with Gasteiger partial charge in [0.1, 0.15) is 5.52 Å². The van der Waals surface area contributed by atoms with Crippen LogP contribution in [0.5, 0.6) is 0 Å². The van der Waals surface area contributed by atoms with Gasteiger partial charge < -0.3 is 9.73 Å². The molecule has 0 aliphatic carbocycles. The van der Waals surface area contributed by atoms with Gasteiger partial charge in [-0.1, -0.05) is 12.1 Å². The van der Waals surface area contributed by atoms with Crippen molar-refractivity contribution in [2.24, 2.45) is 0 Å². The number of thiocarbonyl (C=S) groups is 1. The van der Waals surface area contributed by atoms with Gasteiger partial charge in [0.05, 0.1) is 4.92 Å². The average Bonchev–Trinajstić information content (AvgIpc) is 3.17. The van der Waals surface area contributed by atoms with Crippen LogP contribution in [0.4, 0.5) is 11.4 Å². The Balaban J connectivity index is 1.44. The molecule has 0 fully saturated rings. The van der Waals surface area contributed by atoms with E-state index in [1.807, 2.05) is 37.3 Å². The molecule has 0 unspecified atom stereocenters. The zero-order chi connectivity index (χ0) is 22.8. The van der Waals surface area contributed by atoms with E-state index in [1.165, 1.54) is 25.1 Å². The van der Waals surface area contributed by atoms with Crippen LogP contribution in [0.3, 0.4) is 0 Å². The number of rotatable bonds is 4. The number of hydrogen-bond acceptors (Lipinski definition) is 6. The number of carbonyl (C=O) groups is 1. The molecule has 1 aromatic heterocycles. The maximum Gasteiger partial charge on any atom is 0.273 e. The number of benzene rings is 3. The Hall–Kier alpha value is -4.11. The second-order valence-corrected chi connectivity index (χ2v) is 7.59. The number of oxazole rings is 1. The Morgan fingerprint density at radius 1 is 1.09 bits per heavy atom. The topological polar surface area (TPSA) is 110 Å². The lowest BCUT2D eigenvalue weighted by atomic mass is 10.1. The van der Waals surface area contributed by atoms with Crippen LogP contribution in [0.15, 0.2) is 65.1 Å². The zero-order valence-corrected chi connectivity index (χ0v) is 18.0. The third-order valence-corrected chi connectivity index (χ3v) is 5.11. The molecule has 0 atom stereocenters. The molecule has 0 aliphatic rings. The monoisotopic (exact) mass is 446 g/mol. The van der Waals surface area contributed by atoms with Gasteiger partial charge in [0.25, 0.3) is 11.6 Å². The van der Waals surface area contributed by atoms with E-state index in [2.05, 4.69) is 15.6 Å². The van der Waals surface area contributed by atoms with Crippen LogP contribution in [-0.2, 0) is 0 Å². The van der Waals surface area contributed by atoms with E-state index < -0.39 is 10.8 Å². The predicted molar refractivity (Wildman–Crippen MR) is 126 cm³/mol. The van der Waals surface area contributed by atoms with E-state index in [1.54, 1.807) is 12.1 Å². The van der Waals surface area contributed by atoms with Crippen LogP contribution >= 0.6 is 12.2 Å². The van der Waals surface area contributed by atoms with Crippen LogP contribution < -0.4 is 10.6 Å². The molecule has 8 nitrogen and oxygen atoms in total. The van der Waals surface area contributed by atoms with Crippen molar-refractivity contribution in [2.75, 3.05) is 5.32 Å². The van der Waals surface area contributed by atoms with Crippen LogP contribution in [0.2, 0.25) is 0 Å². The number of nitrogens with zero attached hydrogens (tertiary/aromatic N) is 2. The zero-order valence-electron chi connectivity index (χ0n) is 17.2. The lowest BCUT2D eigenvalue weighted by Crippen LogP contribution is -2.34. The minimum atomic E-state index is -0.526. The van der Waals surface area contributed by atoms with Gasteiger partial charge in [-0.3, -0.25) is 20.2 Å². The van der Waals surface area contributed by atoms with Gasteiger partial charge >= 0.3 is 0 Å². The maximum atomic E-state index is 12.5. The van der Waals surface area contributed by atoms with E-state index in [0.29, 0.717) is 11.6 Å². The molecule has 2 N–H and O–H groups in total. The van der Waals surface area contributed by atoms with Crippen LogP contribution in [0.1, 0.15) is 21.5 Å². The highest BCUT2D eigenvalue weighted by Crippen LogP contribution is 2.26. The first-order valence-electron chi connectivity index (χ1n) is 9.66. The largest absolute Gasteiger partial charge is 0.436 e. The van der Waals surface area contributed by atoms with Crippen molar-refractivity contribution < 1.29 is 14.1 Å². The third kappa shape index (κ3) is 4.33. The lowest BCUT2D eigenvalue weighted by molar-refractivity contribution is -0.385. The molecule has 0 saturated carbocycles. The summed E-state index contributed by atoms with van der Waals surface area (Å²) < 4.78 is 5.83. The summed E-state index contributed by atoms with van der Waals surface area (Å²) in [7, 11) is 0. The molecule has 0 spiro atoms. The summed E-state index contributed by atoms with van der Waals surface area (Å²) in [5.41, 5.74) is 4.39. The summed E-state index contributed by atoms with van der Waals surface area (Å²) in [6.07, 6.45) is 0. The Bertz CT molecular complexity index is 1360. The maximum absolute atomic E-state index is 12.5. The van der Waals surface area contributed by atoms with E-state index in [0.717, 1.165) is 22.2 Å². The van der Waals surface area contributed by atoms with E-state index in [9.17, 15) is 14.9 Å². The van der Waals surface area contributed by atoms with Crippen molar-refractivity contribution in [3.05, 3.63) is 87.5 Å². The van der Waals surface area contributed by atoms with Gasteiger partial charge in [0.2, 0.25) is 5.89 Å². The standard InChI is InChI=1S/C23H18N4O4S/c1-13-6-11-18-20(12-13)31-22(25-18)15-7-9-16(10-8-15)24-23(32)26-21(28)17-4-3-5-19(14(17)2)27(29)30/h3-12H,1-2H3,(H2,24,26,28,32). The molecule has 0 saturated heterocycles. The summed E-state index contributed by atoms with van der Waals surface area (Å²) in [6, 6.07) is 17.4. The number of nitrogens with one attached hydrogen (secondary N) is 2. The smallest absolute Gasteiger partial charge is 0.273 e. The molecule has 1 heterocycles. The summed E-state index contributed by atoms with van der Waals surface area (Å²) in [6.45, 7) is 3.51. The highest BCUT2D eigenvalue weighted by atomic mass is 32.1. The normalized spacial score (nSPS) is 10.7. The van der Waals surface area contributed by atoms with Crippen LogP contribution in [-0.4, -0.2) is 20.9 Å². The number of fused-ring (bicyclic) bond motifs is 1. The van der Waals surface area contributed by atoms with E-state index in [-0.39, 0.29) is 21.9 Å². The molecule has 0 bridgehead atoms. The first-order chi connectivity index (χ1) is 15.3. The first kappa shape index (κ1) is 21.1. The Kier molecular flexibility index (Phi) is 5.65. The molecular weight excluding hydrogens is 428 g/mol. The molecule has 4 aromatic rings. The number of carbonyl (C=O) groups excluding carboxylic acids is 1. The fourth-order valence-corrected chi connectivity index (χ4v) is 3.46. The van der Waals surface area contributed by atoms with E-state index in [4.69, 9.17) is 16.6 Å². The van der Waals surface area contributed by atoms with Crippen molar-refractivity contribution in [3.8, 4) is 11.5 Å². The SMILES string of the molecule is Cc1ccc2nc(-c3ccc(NC(=S)NC(=O)c4cccc([N+](=O)[O-])c4C)cc3)oc2c1. The molecule has 1 amide bonds. The highest BCUT2D eigenvalue weighted by molar-refractivity contribution is 7.80. The average molecular weight is 446 g/mol. The van der Waals surface area contributed by atoms with Crippen LogP contribution in [0.25, 0.3) is 22.6 Å². The van der Waals surface area contributed by atoms with E-state index >= 15 is 0 Å². The molecule has 9 heteroatoms. The summed E-state index contributed by atoms with van der Waals surface area (Å²) in [4.78, 5) is 27.6. The number of amides is 1. The third-order valence-electron chi connectivity index (χ3n) is 4.91. The first-order valence-corrected chi connectivity index (χ1v) is 10.1. The highest BCUT2D eigenvalue weighted by Gasteiger charge is 2.18. The Morgan fingerprint density at radius 2 is 1.84 bits per heavy atom. The number of hydrogen-bond donors (Lipinski definition) is 2. The minimum absolute atomic E-state index is 0.0750. The van der Waals surface area contributed by atoms with Gasteiger partial charge in [-0.2, -0.15) is 0 Å². The Morgan fingerprint density at radius 3 is 2.56 bits per heavy atom. The van der Waals surface area contributed by atoms with Crippen molar-refractivity contribution in [2.45, 2.75) is 13.8 Å². The van der Waals surface area contributed by atoms with Crippen molar-refractivity contribution in [1.82, 2.24) is 10.3 Å². The number of aryl methyl sites for hydroxylation is 1. The quantitative estimate of drug-likeness (QED) is 0.253. The fourth-order valence-electron chi connectivity index (χ4n) is 3.25. The number of nitro benzene ring substituents is 1. The summed E-state index contributed by atoms with van der Waals surface area (Å²) in [5, 5.41) is 16.6. The van der Waals surface area contributed by atoms with Crippen molar-refractivity contribution >= 4 is 45.7 Å². The molecule has 160 valence electrons. The van der Waals surface area contributed by atoms with Gasteiger partial charge in [0, 0.05) is 28.4 Å². The second kappa shape index (κ2) is 8.56. The Labute approximate surface area is 188 Å². The molecule has 4 rings (SSSR count). The van der Waals surface area contributed by atoms with Crippen molar-refractivity contribution in [1.29, 1.82) is 0 Å². The molecule has 0 aliphatic heterocycles.